The lowest BCUT2D eigenvalue weighted by molar-refractivity contribution is 0.0583. The molecule has 0 radical (unpaired) electrons. The van der Waals surface area contributed by atoms with Crippen LogP contribution < -0.4 is 0 Å². The van der Waals surface area contributed by atoms with Crippen LogP contribution >= 0.6 is 0 Å². The third-order valence-corrected chi connectivity index (χ3v) is 4.77. The molecule has 0 bridgehead atoms. The normalized spacial score (nSPS) is 34.9. The number of fused-ring (bicyclic) bond motifs is 1. The minimum Gasteiger partial charge on any atom is -0.211 e. The molecule has 0 N–H and O–H groups in total. The monoisotopic (exact) mass is 248 g/mol. The maximum atomic E-state index is 10.3. The Hall–Kier alpha value is -1.24. The first-order chi connectivity index (χ1) is 8.86. The Morgan fingerprint density at radius 3 is 1.61 bits per heavy atom. The minimum absolute atomic E-state index is 0.535. The predicted octanol–water partition coefficient (Wildman–Crippen LogP) is 2.49. The van der Waals surface area contributed by atoms with Gasteiger partial charge in [0.1, 0.15) is 0 Å². The van der Waals surface area contributed by atoms with Gasteiger partial charge in [-0.1, -0.05) is 12.8 Å². The van der Waals surface area contributed by atoms with E-state index < -0.39 is 0 Å². The number of rotatable bonds is 4. The van der Waals surface area contributed by atoms with E-state index >= 15 is 0 Å². The largest absolute Gasteiger partial charge is 0.234 e. The smallest absolute Gasteiger partial charge is 0.211 e. The lowest BCUT2D eigenvalue weighted by Crippen LogP contribution is -2.39. The molecule has 0 aliphatic heterocycles. The summed E-state index contributed by atoms with van der Waals surface area (Å²) < 4.78 is 0. The third-order valence-electron chi connectivity index (χ3n) is 4.77. The highest BCUT2D eigenvalue weighted by atomic mass is 16.1. The van der Waals surface area contributed by atoms with Crippen molar-refractivity contribution in [1.82, 2.24) is 0 Å². The molecule has 0 aromatic rings. The van der Waals surface area contributed by atoms with Gasteiger partial charge in [0.25, 0.3) is 0 Å². The number of hydrogen-bond donors (Lipinski definition) is 0. The Labute approximate surface area is 108 Å². The van der Waals surface area contributed by atoms with Gasteiger partial charge in [-0.2, -0.15) is 0 Å². The number of isocyanates is 2. The Kier molecular flexibility index (Phi) is 4.86. The highest BCUT2D eigenvalue weighted by Gasteiger charge is 2.40. The predicted molar refractivity (Wildman–Crippen MR) is 67.6 cm³/mol. The minimum atomic E-state index is 0.535. The second-order valence-corrected chi connectivity index (χ2v) is 5.57. The third kappa shape index (κ3) is 2.95. The quantitative estimate of drug-likeness (QED) is 0.567. The van der Waals surface area contributed by atoms with Crippen LogP contribution in [0.3, 0.4) is 0 Å². The van der Waals surface area contributed by atoms with Crippen LogP contribution in [0.2, 0.25) is 0 Å². The van der Waals surface area contributed by atoms with E-state index in [4.69, 9.17) is 0 Å². The van der Waals surface area contributed by atoms with Crippen molar-refractivity contribution < 1.29 is 9.59 Å². The molecule has 0 saturated heterocycles. The van der Waals surface area contributed by atoms with Gasteiger partial charge in [0.15, 0.2) is 0 Å². The molecule has 4 heteroatoms. The standard InChI is InChI=1S/C14H20N2O2/c17-9-15-7-11-5-6-12(8-16-10-18)14-4-2-1-3-13(11)14/h11-14H,1-8H2. The zero-order chi connectivity index (χ0) is 12.8. The first-order valence-electron chi connectivity index (χ1n) is 6.94. The summed E-state index contributed by atoms with van der Waals surface area (Å²) in [6.45, 7) is 1.27. The number of carbonyl (C=O) groups excluding carboxylic acids is 2. The molecule has 0 aromatic heterocycles. The molecule has 2 rings (SSSR count). The van der Waals surface area contributed by atoms with Crippen LogP contribution in [0.5, 0.6) is 0 Å². The van der Waals surface area contributed by atoms with Crippen molar-refractivity contribution in [2.45, 2.75) is 38.5 Å². The van der Waals surface area contributed by atoms with E-state index in [0.29, 0.717) is 36.8 Å². The maximum Gasteiger partial charge on any atom is 0.234 e. The highest BCUT2D eigenvalue weighted by molar-refractivity contribution is 5.33. The molecule has 0 heterocycles. The van der Waals surface area contributed by atoms with E-state index in [-0.39, 0.29) is 0 Å². The molecule has 98 valence electrons. The number of aliphatic imine (C=N–C) groups is 2. The second kappa shape index (κ2) is 6.63. The molecule has 4 atom stereocenters. The first-order valence-corrected chi connectivity index (χ1v) is 6.94. The number of hydrogen-bond acceptors (Lipinski definition) is 4. The van der Waals surface area contributed by atoms with E-state index in [1.807, 2.05) is 0 Å². The summed E-state index contributed by atoms with van der Waals surface area (Å²) in [5.41, 5.74) is 0. The summed E-state index contributed by atoms with van der Waals surface area (Å²) >= 11 is 0. The van der Waals surface area contributed by atoms with Crippen molar-refractivity contribution in [2.24, 2.45) is 33.7 Å². The van der Waals surface area contributed by atoms with Crippen molar-refractivity contribution in [3.8, 4) is 0 Å². The van der Waals surface area contributed by atoms with E-state index in [0.717, 1.165) is 12.8 Å². The van der Waals surface area contributed by atoms with Gasteiger partial charge in [-0.25, -0.2) is 19.6 Å². The van der Waals surface area contributed by atoms with Gasteiger partial charge >= 0.3 is 0 Å². The maximum absolute atomic E-state index is 10.3. The second-order valence-electron chi connectivity index (χ2n) is 5.57. The Morgan fingerprint density at radius 1 is 0.778 bits per heavy atom. The average molecular weight is 248 g/mol. The van der Waals surface area contributed by atoms with Crippen LogP contribution in [0.25, 0.3) is 0 Å². The van der Waals surface area contributed by atoms with Crippen LogP contribution in [0.4, 0.5) is 0 Å². The van der Waals surface area contributed by atoms with Crippen molar-refractivity contribution in [2.75, 3.05) is 13.1 Å². The molecule has 2 fully saturated rings. The van der Waals surface area contributed by atoms with Crippen molar-refractivity contribution >= 4 is 12.2 Å². The Bertz CT molecular complexity index is 334. The van der Waals surface area contributed by atoms with Gasteiger partial charge in [0.05, 0.1) is 13.1 Å². The number of nitrogens with zero attached hydrogens (tertiary/aromatic N) is 2. The van der Waals surface area contributed by atoms with E-state index in [1.54, 1.807) is 12.2 Å². The van der Waals surface area contributed by atoms with Gasteiger partial charge in [-0.3, -0.25) is 0 Å². The summed E-state index contributed by atoms with van der Waals surface area (Å²) in [6.07, 6.45) is 10.6. The van der Waals surface area contributed by atoms with Gasteiger partial charge in [0, 0.05) is 0 Å². The topological polar surface area (TPSA) is 58.9 Å². The average Bonchev–Trinajstić information content (AvgIpc) is 2.43. The summed E-state index contributed by atoms with van der Waals surface area (Å²) in [7, 11) is 0. The lowest BCUT2D eigenvalue weighted by Gasteiger charge is -2.45. The molecule has 2 saturated carbocycles. The van der Waals surface area contributed by atoms with Gasteiger partial charge < -0.3 is 0 Å². The summed E-state index contributed by atoms with van der Waals surface area (Å²) in [6, 6.07) is 0. The first kappa shape index (κ1) is 13.2. The molecule has 4 nitrogen and oxygen atoms in total. The van der Waals surface area contributed by atoms with E-state index in [9.17, 15) is 9.59 Å². The van der Waals surface area contributed by atoms with Gasteiger partial charge in [-0.05, 0) is 49.4 Å². The SMILES string of the molecule is O=C=NCC1CCC(CN=C=O)C2CCCCC12. The van der Waals surface area contributed by atoms with Gasteiger partial charge in [-0.15, -0.1) is 0 Å². The molecule has 2 aliphatic rings. The molecule has 0 spiro atoms. The molecule has 2 aliphatic carbocycles. The van der Waals surface area contributed by atoms with Crippen molar-refractivity contribution in [1.29, 1.82) is 0 Å². The summed E-state index contributed by atoms with van der Waals surface area (Å²) in [4.78, 5) is 28.1. The molecule has 0 aromatic carbocycles. The molecular formula is C14H20N2O2. The fraction of sp³-hybridized carbons (Fsp3) is 0.857. The van der Waals surface area contributed by atoms with Crippen LogP contribution in [0, 0.1) is 23.7 Å². The summed E-state index contributed by atoms with van der Waals surface area (Å²) in [5.74, 6) is 2.40. The highest BCUT2D eigenvalue weighted by Crippen LogP contribution is 2.46. The Balaban J connectivity index is 2.04. The lowest BCUT2D eigenvalue weighted by atomic mass is 9.61. The van der Waals surface area contributed by atoms with E-state index in [2.05, 4.69) is 9.98 Å². The van der Waals surface area contributed by atoms with E-state index in [1.165, 1.54) is 25.7 Å². The van der Waals surface area contributed by atoms with Crippen LogP contribution in [-0.4, -0.2) is 25.2 Å². The van der Waals surface area contributed by atoms with Crippen LogP contribution in [0.15, 0.2) is 9.98 Å². The van der Waals surface area contributed by atoms with Crippen LogP contribution in [-0.2, 0) is 9.59 Å². The fourth-order valence-electron chi connectivity index (χ4n) is 3.98. The zero-order valence-corrected chi connectivity index (χ0v) is 10.7. The Morgan fingerprint density at radius 2 is 1.22 bits per heavy atom. The zero-order valence-electron chi connectivity index (χ0n) is 10.7. The molecular weight excluding hydrogens is 228 g/mol. The molecule has 0 amide bonds. The summed E-state index contributed by atoms with van der Waals surface area (Å²) in [5, 5.41) is 0. The fourth-order valence-corrected chi connectivity index (χ4v) is 3.98. The van der Waals surface area contributed by atoms with Crippen molar-refractivity contribution in [3.63, 3.8) is 0 Å². The van der Waals surface area contributed by atoms with Crippen molar-refractivity contribution in [3.05, 3.63) is 0 Å². The van der Waals surface area contributed by atoms with Crippen LogP contribution in [0.1, 0.15) is 38.5 Å². The molecule has 18 heavy (non-hydrogen) atoms. The molecule has 4 unspecified atom stereocenters. The van der Waals surface area contributed by atoms with Gasteiger partial charge in [0.2, 0.25) is 12.2 Å².